The van der Waals surface area contributed by atoms with Crippen molar-refractivity contribution >= 4 is 16.0 Å². The Morgan fingerprint density at radius 1 is 1.37 bits per heavy atom. The minimum atomic E-state index is -3.59. The van der Waals surface area contributed by atoms with Gasteiger partial charge in [-0.15, -0.1) is 0 Å². The third-order valence-electron chi connectivity index (χ3n) is 2.66. The van der Waals surface area contributed by atoms with Crippen molar-refractivity contribution < 1.29 is 13.2 Å². The van der Waals surface area contributed by atoms with Crippen molar-refractivity contribution in [2.45, 2.75) is 17.7 Å². The number of nitrogen functional groups attached to an aromatic ring is 1. The van der Waals surface area contributed by atoms with Crippen molar-refractivity contribution in [1.29, 1.82) is 0 Å². The lowest BCUT2D eigenvalue weighted by atomic mass is 10.5. The lowest BCUT2D eigenvalue weighted by Gasteiger charge is -2.07. The SMILES string of the molecule is NNc1ncc(S(=O)(=O)NCCOCC2CC2)cn1. The molecule has 1 aliphatic rings. The summed E-state index contributed by atoms with van der Waals surface area (Å²) in [5, 5.41) is 0. The molecule has 2 rings (SSSR count). The lowest BCUT2D eigenvalue weighted by molar-refractivity contribution is 0.129. The van der Waals surface area contributed by atoms with E-state index in [4.69, 9.17) is 10.6 Å². The summed E-state index contributed by atoms with van der Waals surface area (Å²) >= 11 is 0. The first-order valence-electron chi connectivity index (χ1n) is 5.98. The summed E-state index contributed by atoms with van der Waals surface area (Å²) in [6.07, 6.45) is 4.81. The molecule has 19 heavy (non-hydrogen) atoms. The highest BCUT2D eigenvalue weighted by atomic mass is 32.2. The van der Waals surface area contributed by atoms with E-state index in [1.807, 2.05) is 0 Å². The molecular weight excluding hydrogens is 270 g/mol. The number of aromatic nitrogens is 2. The first kappa shape index (κ1) is 14.1. The van der Waals surface area contributed by atoms with Gasteiger partial charge >= 0.3 is 0 Å². The summed E-state index contributed by atoms with van der Waals surface area (Å²) in [5.74, 6) is 5.92. The van der Waals surface area contributed by atoms with Gasteiger partial charge in [0.15, 0.2) is 0 Å². The van der Waals surface area contributed by atoms with Gasteiger partial charge in [-0.05, 0) is 18.8 Å². The average molecular weight is 287 g/mol. The first-order valence-corrected chi connectivity index (χ1v) is 7.46. The van der Waals surface area contributed by atoms with E-state index in [1.165, 1.54) is 25.2 Å². The van der Waals surface area contributed by atoms with Gasteiger partial charge in [0.1, 0.15) is 4.90 Å². The molecule has 0 aromatic carbocycles. The van der Waals surface area contributed by atoms with Gasteiger partial charge in [0.05, 0.1) is 19.0 Å². The number of nitrogens with one attached hydrogen (secondary N) is 2. The summed E-state index contributed by atoms with van der Waals surface area (Å²) in [4.78, 5) is 7.48. The molecule has 0 radical (unpaired) electrons. The minimum absolute atomic E-state index is 0.00584. The fourth-order valence-electron chi connectivity index (χ4n) is 1.40. The molecule has 8 nitrogen and oxygen atoms in total. The van der Waals surface area contributed by atoms with Crippen LogP contribution in [0.4, 0.5) is 5.95 Å². The van der Waals surface area contributed by atoms with Crippen LogP contribution in [0, 0.1) is 5.92 Å². The Morgan fingerprint density at radius 3 is 2.63 bits per heavy atom. The Labute approximate surface area is 111 Å². The number of rotatable bonds is 8. The van der Waals surface area contributed by atoms with Crippen LogP contribution in [0.15, 0.2) is 17.3 Å². The molecule has 0 atom stereocenters. The molecule has 0 unspecified atom stereocenters. The first-order chi connectivity index (χ1) is 9.12. The van der Waals surface area contributed by atoms with Crippen molar-refractivity contribution in [3.05, 3.63) is 12.4 Å². The van der Waals surface area contributed by atoms with Crippen LogP contribution in [-0.2, 0) is 14.8 Å². The topological polar surface area (TPSA) is 119 Å². The predicted molar refractivity (Wildman–Crippen MR) is 68.6 cm³/mol. The van der Waals surface area contributed by atoms with Gasteiger partial charge in [-0.1, -0.05) is 0 Å². The Bertz CT molecular complexity index is 500. The summed E-state index contributed by atoms with van der Waals surface area (Å²) in [6.45, 7) is 1.30. The Balaban J connectivity index is 1.78. The molecule has 1 aromatic rings. The van der Waals surface area contributed by atoms with E-state index < -0.39 is 10.0 Å². The van der Waals surface area contributed by atoms with Gasteiger partial charge in [-0.25, -0.2) is 29.0 Å². The zero-order chi connectivity index (χ0) is 13.7. The summed E-state index contributed by atoms with van der Waals surface area (Å²) in [7, 11) is -3.59. The Kier molecular flexibility index (Phi) is 4.64. The van der Waals surface area contributed by atoms with Crippen LogP contribution in [0.3, 0.4) is 0 Å². The fourth-order valence-corrected chi connectivity index (χ4v) is 2.30. The molecule has 1 saturated carbocycles. The van der Waals surface area contributed by atoms with Crippen molar-refractivity contribution in [3.63, 3.8) is 0 Å². The molecule has 0 amide bonds. The van der Waals surface area contributed by atoms with Gasteiger partial charge in [-0.2, -0.15) is 0 Å². The molecule has 1 fully saturated rings. The van der Waals surface area contributed by atoms with Crippen LogP contribution < -0.4 is 16.0 Å². The molecule has 4 N–H and O–H groups in total. The van der Waals surface area contributed by atoms with Gasteiger partial charge in [0, 0.05) is 13.2 Å². The zero-order valence-corrected chi connectivity index (χ0v) is 11.2. The van der Waals surface area contributed by atoms with Crippen molar-refractivity contribution in [2.24, 2.45) is 11.8 Å². The normalized spacial score (nSPS) is 15.4. The van der Waals surface area contributed by atoms with E-state index in [9.17, 15) is 8.42 Å². The van der Waals surface area contributed by atoms with Gasteiger partial charge < -0.3 is 4.74 Å². The van der Waals surface area contributed by atoms with E-state index in [0.717, 1.165) is 0 Å². The number of hydrazine groups is 1. The third-order valence-corrected chi connectivity index (χ3v) is 4.07. The lowest BCUT2D eigenvalue weighted by Crippen LogP contribution is -2.28. The molecule has 1 heterocycles. The second kappa shape index (κ2) is 6.24. The van der Waals surface area contributed by atoms with E-state index in [-0.39, 0.29) is 17.4 Å². The average Bonchev–Trinajstić information content (AvgIpc) is 3.22. The Hall–Kier alpha value is -1.29. The van der Waals surface area contributed by atoms with Crippen molar-refractivity contribution in [1.82, 2.24) is 14.7 Å². The summed E-state index contributed by atoms with van der Waals surface area (Å²) in [5.41, 5.74) is 2.22. The highest BCUT2D eigenvalue weighted by Crippen LogP contribution is 2.28. The second-order valence-electron chi connectivity index (χ2n) is 4.30. The fraction of sp³-hybridized carbons (Fsp3) is 0.600. The highest BCUT2D eigenvalue weighted by Gasteiger charge is 2.21. The molecule has 0 saturated heterocycles. The summed E-state index contributed by atoms with van der Waals surface area (Å²) in [6, 6.07) is 0. The monoisotopic (exact) mass is 287 g/mol. The number of nitrogens with two attached hydrogens (primary N) is 1. The van der Waals surface area contributed by atoms with E-state index >= 15 is 0 Å². The standard InChI is InChI=1S/C10H17N5O3S/c11-15-10-12-5-9(6-13-10)19(16,17)14-3-4-18-7-8-1-2-8/h5-6,8,14H,1-4,7,11H2,(H,12,13,15). The maximum absolute atomic E-state index is 11.8. The number of hydrogen-bond acceptors (Lipinski definition) is 7. The van der Waals surface area contributed by atoms with Crippen LogP contribution >= 0.6 is 0 Å². The smallest absolute Gasteiger partial charge is 0.243 e. The van der Waals surface area contributed by atoms with Crippen molar-refractivity contribution in [3.8, 4) is 0 Å². The zero-order valence-electron chi connectivity index (χ0n) is 10.4. The van der Waals surface area contributed by atoms with Gasteiger partial charge in [0.25, 0.3) is 0 Å². The van der Waals surface area contributed by atoms with Crippen LogP contribution in [0.2, 0.25) is 0 Å². The molecule has 1 aromatic heterocycles. The number of anilines is 1. The molecule has 0 bridgehead atoms. The largest absolute Gasteiger partial charge is 0.380 e. The molecule has 0 spiro atoms. The Morgan fingerprint density at radius 2 is 2.05 bits per heavy atom. The molecule has 106 valence electrons. The van der Waals surface area contributed by atoms with E-state index in [0.29, 0.717) is 19.1 Å². The maximum atomic E-state index is 11.8. The maximum Gasteiger partial charge on any atom is 0.243 e. The van der Waals surface area contributed by atoms with Crippen LogP contribution in [0.25, 0.3) is 0 Å². The number of ether oxygens (including phenoxy) is 1. The van der Waals surface area contributed by atoms with Crippen LogP contribution in [0.5, 0.6) is 0 Å². The van der Waals surface area contributed by atoms with Crippen LogP contribution in [0.1, 0.15) is 12.8 Å². The number of sulfonamides is 1. The van der Waals surface area contributed by atoms with Crippen LogP contribution in [-0.4, -0.2) is 38.1 Å². The number of hydrogen-bond donors (Lipinski definition) is 3. The molecule has 9 heteroatoms. The second-order valence-corrected chi connectivity index (χ2v) is 6.07. The summed E-state index contributed by atoms with van der Waals surface area (Å²) < 4.78 is 31.4. The molecular formula is C10H17N5O3S. The van der Waals surface area contributed by atoms with Gasteiger partial charge in [-0.3, -0.25) is 5.43 Å². The molecule has 0 aliphatic heterocycles. The third kappa shape index (κ3) is 4.39. The van der Waals surface area contributed by atoms with E-state index in [2.05, 4.69) is 20.1 Å². The van der Waals surface area contributed by atoms with Crippen molar-refractivity contribution in [2.75, 3.05) is 25.2 Å². The van der Waals surface area contributed by atoms with Gasteiger partial charge in [0.2, 0.25) is 16.0 Å². The molecule has 1 aliphatic carbocycles. The minimum Gasteiger partial charge on any atom is -0.380 e. The quantitative estimate of drug-likeness (QED) is 0.334. The number of nitrogens with zero attached hydrogens (tertiary/aromatic N) is 2. The highest BCUT2D eigenvalue weighted by molar-refractivity contribution is 7.89. The van der Waals surface area contributed by atoms with E-state index in [1.54, 1.807) is 0 Å². The predicted octanol–water partition coefficient (Wildman–Crippen LogP) is -0.533.